The fourth-order valence-electron chi connectivity index (χ4n) is 2.39. The molecule has 8 nitrogen and oxygen atoms in total. The van der Waals surface area contributed by atoms with Crippen molar-refractivity contribution < 1.29 is 28.6 Å². The Morgan fingerprint density at radius 3 is 2.36 bits per heavy atom. The maximum Gasteiger partial charge on any atom is 0.339 e. The molecule has 28 heavy (non-hydrogen) atoms. The summed E-state index contributed by atoms with van der Waals surface area (Å²) in [6.07, 6.45) is -1.30. The van der Waals surface area contributed by atoms with E-state index in [1.165, 1.54) is 26.3 Å². The third kappa shape index (κ3) is 5.23. The van der Waals surface area contributed by atoms with Crippen molar-refractivity contribution in [3.05, 3.63) is 59.7 Å². The fourth-order valence-corrected chi connectivity index (χ4v) is 2.39. The van der Waals surface area contributed by atoms with Gasteiger partial charge in [-0.2, -0.15) is 0 Å². The number of esters is 1. The normalized spacial score (nSPS) is 11.1. The van der Waals surface area contributed by atoms with Crippen LogP contribution in [0.15, 0.2) is 48.5 Å². The van der Waals surface area contributed by atoms with Crippen LogP contribution in [-0.2, 0) is 9.53 Å². The number of rotatable bonds is 7. The zero-order valence-corrected chi connectivity index (χ0v) is 15.9. The number of imide groups is 1. The van der Waals surface area contributed by atoms with Gasteiger partial charge in [-0.05, 0) is 25.1 Å². The van der Waals surface area contributed by atoms with Crippen LogP contribution in [0.1, 0.15) is 28.9 Å². The molecule has 0 saturated heterocycles. The van der Waals surface area contributed by atoms with Crippen molar-refractivity contribution in [2.24, 2.45) is 0 Å². The smallest absolute Gasteiger partial charge is 0.339 e. The monoisotopic (exact) mass is 386 g/mol. The molecule has 3 amide bonds. The highest BCUT2D eigenvalue weighted by molar-refractivity contribution is 5.99. The van der Waals surface area contributed by atoms with E-state index in [0.717, 1.165) is 0 Å². The quantitative estimate of drug-likeness (QED) is 0.709. The summed E-state index contributed by atoms with van der Waals surface area (Å²) in [4.78, 5) is 36.6. The topological polar surface area (TPSA) is 103 Å². The zero-order chi connectivity index (χ0) is 20.5. The Hall–Kier alpha value is -3.55. The number of carbonyl (C=O) groups excluding carboxylic acids is 3. The Morgan fingerprint density at radius 2 is 1.75 bits per heavy atom. The highest BCUT2D eigenvalue weighted by atomic mass is 16.5. The van der Waals surface area contributed by atoms with E-state index in [0.29, 0.717) is 23.7 Å². The van der Waals surface area contributed by atoms with Crippen LogP contribution >= 0.6 is 0 Å². The Kier molecular flexibility index (Phi) is 7.38. The van der Waals surface area contributed by atoms with Gasteiger partial charge in [-0.25, -0.2) is 9.59 Å². The van der Waals surface area contributed by atoms with Crippen molar-refractivity contribution in [3.8, 4) is 11.5 Å². The molecule has 0 saturated carbocycles. The van der Waals surface area contributed by atoms with Gasteiger partial charge in [0.25, 0.3) is 5.91 Å². The Labute approximate surface area is 162 Å². The van der Waals surface area contributed by atoms with Crippen molar-refractivity contribution in [2.45, 2.75) is 13.0 Å². The molecule has 0 aromatic heterocycles. The van der Waals surface area contributed by atoms with Crippen molar-refractivity contribution in [1.82, 2.24) is 10.6 Å². The van der Waals surface area contributed by atoms with E-state index < -0.39 is 24.0 Å². The second kappa shape index (κ2) is 9.96. The standard InChI is InChI=1S/C20H22N2O6/c1-4-27-16-12-14(10-11-15(16)26-3)19(24)28-17(13-8-6-5-7-9-13)18(23)22-20(25)21-2/h5-12,17H,4H2,1-3H3,(H2,21,22,23,25). The molecule has 0 spiro atoms. The lowest BCUT2D eigenvalue weighted by atomic mass is 10.1. The molecular formula is C20H22N2O6. The molecule has 1 atom stereocenters. The third-order valence-corrected chi connectivity index (χ3v) is 3.73. The lowest BCUT2D eigenvalue weighted by Gasteiger charge is -2.18. The highest BCUT2D eigenvalue weighted by Gasteiger charge is 2.27. The molecule has 2 rings (SSSR count). The molecule has 1 unspecified atom stereocenters. The van der Waals surface area contributed by atoms with Crippen LogP contribution in [0.25, 0.3) is 0 Å². The molecule has 0 bridgehead atoms. The summed E-state index contributed by atoms with van der Waals surface area (Å²) in [6, 6.07) is 12.3. The van der Waals surface area contributed by atoms with Crippen LogP contribution in [0.5, 0.6) is 11.5 Å². The summed E-state index contributed by atoms with van der Waals surface area (Å²) in [5, 5.41) is 4.40. The van der Waals surface area contributed by atoms with Gasteiger partial charge in [0.1, 0.15) is 0 Å². The minimum Gasteiger partial charge on any atom is -0.493 e. The predicted molar refractivity (Wildman–Crippen MR) is 101 cm³/mol. The summed E-state index contributed by atoms with van der Waals surface area (Å²) < 4.78 is 16.1. The average Bonchev–Trinajstić information content (AvgIpc) is 2.72. The van der Waals surface area contributed by atoms with E-state index in [9.17, 15) is 14.4 Å². The van der Waals surface area contributed by atoms with Crippen LogP contribution in [-0.4, -0.2) is 38.7 Å². The first kappa shape index (κ1) is 20.8. The number of methoxy groups -OCH3 is 1. The lowest BCUT2D eigenvalue weighted by molar-refractivity contribution is -0.129. The van der Waals surface area contributed by atoms with Gasteiger partial charge in [-0.3, -0.25) is 10.1 Å². The van der Waals surface area contributed by atoms with Gasteiger partial charge < -0.3 is 19.5 Å². The molecule has 2 aromatic rings. The van der Waals surface area contributed by atoms with Crippen molar-refractivity contribution >= 4 is 17.9 Å². The fraction of sp³-hybridized carbons (Fsp3) is 0.250. The summed E-state index contributed by atoms with van der Waals surface area (Å²) in [6.45, 7) is 2.19. The predicted octanol–water partition coefficient (Wildman–Crippen LogP) is 2.45. The first-order valence-corrected chi connectivity index (χ1v) is 8.59. The van der Waals surface area contributed by atoms with E-state index in [4.69, 9.17) is 14.2 Å². The number of nitrogens with one attached hydrogen (secondary N) is 2. The molecule has 0 heterocycles. The van der Waals surface area contributed by atoms with Crippen molar-refractivity contribution in [2.75, 3.05) is 20.8 Å². The molecule has 0 aliphatic carbocycles. The van der Waals surface area contributed by atoms with Gasteiger partial charge in [0.2, 0.25) is 6.10 Å². The zero-order valence-electron chi connectivity index (χ0n) is 15.9. The Bertz CT molecular complexity index is 838. The minimum absolute atomic E-state index is 0.179. The summed E-state index contributed by atoms with van der Waals surface area (Å²) >= 11 is 0. The van der Waals surface area contributed by atoms with Gasteiger partial charge in [-0.1, -0.05) is 30.3 Å². The van der Waals surface area contributed by atoms with E-state index in [1.54, 1.807) is 43.3 Å². The summed E-state index contributed by atoms with van der Waals surface area (Å²) in [7, 11) is 2.86. The molecule has 0 fully saturated rings. The van der Waals surface area contributed by atoms with E-state index >= 15 is 0 Å². The molecule has 0 aliphatic heterocycles. The van der Waals surface area contributed by atoms with E-state index in [2.05, 4.69) is 10.6 Å². The van der Waals surface area contributed by atoms with Crippen LogP contribution < -0.4 is 20.1 Å². The molecular weight excluding hydrogens is 364 g/mol. The number of amides is 3. The van der Waals surface area contributed by atoms with Crippen LogP contribution in [0, 0.1) is 0 Å². The van der Waals surface area contributed by atoms with Crippen LogP contribution in [0.3, 0.4) is 0 Å². The number of hydrogen-bond donors (Lipinski definition) is 2. The number of carbonyl (C=O) groups is 3. The molecule has 8 heteroatoms. The minimum atomic E-state index is -1.30. The number of hydrogen-bond acceptors (Lipinski definition) is 6. The van der Waals surface area contributed by atoms with E-state index in [1.807, 2.05) is 0 Å². The second-order valence-corrected chi connectivity index (χ2v) is 5.56. The average molecular weight is 386 g/mol. The number of benzene rings is 2. The van der Waals surface area contributed by atoms with Gasteiger partial charge in [0.15, 0.2) is 11.5 Å². The van der Waals surface area contributed by atoms with Gasteiger partial charge in [0, 0.05) is 12.6 Å². The SMILES string of the molecule is CCOc1cc(C(=O)OC(C(=O)NC(=O)NC)c2ccccc2)ccc1OC. The van der Waals surface area contributed by atoms with Crippen molar-refractivity contribution in [3.63, 3.8) is 0 Å². The maximum atomic E-state index is 12.6. The van der Waals surface area contributed by atoms with E-state index in [-0.39, 0.29) is 5.56 Å². The van der Waals surface area contributed by atoms with Crippen molar-refractivity contribution in [1.29, 1.82) is 0 Å². The number of ether oxygens (including phenoxy) is 3. The van der Waals surface area contributed by atoms with Crippen LogP contribution in [0.2, 0.25) is 0 Å². The third-order valence-electron chi connectivity index (χ3n) is 3.73. The second-order valence-electron chi connectivity index (χ2n) is 5.56. The molecule has 2 aromatic carbocycles. The molecule has 148 valence electrons. The Morgan fingerprint density at radius 1 is 1.04 bits per heavy atom. The molecule has 0 aliphatic rings. The first-order chi connectivity index (χ1) is 13.5. The van der Waals surface area contributed by atoms with Gasteiger partial charge in [-0.15, -0.1) is 0 Å². The molecule has 0 radical (unpaired) electrons. The molecule has 2 N–H and O–H groups in total. The lowest BCUT2D eigenvalue weighted by Crippen LogP contribution is -2.41. The summed E-state index contributed by atoms with van der Waals surface area (Å²) in [5.41, 5.74) is 0.605. The first-order valence-electron chi connectivity index (χ1n) is 8.59. The van der Waals surface area contributed by atoms with Crippen LogP contribution in [0.4, 0.5) is 4.79 Å². The number of urea groups is 1. The van der Waals surface area contributed by atoms with Gasteiger partial charge >= 0.3 is 12.0 Å². The maximum absolute atomic E-state index is 12.6. The summed E-state index contributed by atoms with van der Waals surface area (Å²) in [5.74, 6) is -0.664. The Balaban J connectivity index is 2.28. The van der Waals surface area contributed by atoms with Gasteiger partial charge in [0.05, 0.1) is 19.3 Å². The highest BCUT2D eigenvalue weighted by Crippen LogP contribution is 2.29. The largest absolute Gasteiger partial charge is 0.493 e.